The Balaban J connectivity index is 1.64. The summed E-state index contributed by atoms with van der Waals surface area (Å²) in [4.78, 5) is 30.8. The van der Waals surface area contributed by atoms with Crippen molar-refractivity contribution in [3.8, 4) is 5.75 Å². The molecule has 0 saturated carbocycles. The molecule has 0 aliphatic heterocycles. The van der Waals surface area contributed by atoms with Crippen LogP contribution in [-0.4, -0.2) is 56.3 Å². The molecule has 3 rings (SSSR count). The second-order valence-corrected chi connectivity index (χ2v) is 9.33. The van der Waals surface area contributed by atoms with E-state index in [2.05, 4.69) is 20.5 Å². The van der Waals surface area contributed by atoms with E-state index in [9.17, 15) is 18.4 Å². The molecule has 0 saturated heterocycles. The van der Waals surface area contributed by atoms with Crippen molar-refractivity contribution in [3.63, 3.8) is 0 Å². The third-order valence-corrected chi connectivity index (χ3v) is 6.63. The highest BCUT2D eigenvalue weighted by atomic mass is 32.2. The first-order valence-corrected chi connectivity index (χ1v) is 12.1. The number of nitrogens with zero attached hydrogens (tertiary/aromatic N) is 5. The van der Waals surface area contributed by atoms with Crippen molar-refractivity contribution in [2.75, 3.05) is 25.2 Å². The van der Waals surface area contributed by atoms with Gasteiger partial charge in [0.05, 0.1) is 11.4 Å². The Morgan fingerprint density at radius 1 is 1.29 bits per heavy atom. The number of ether oxygens (including phenoxy) is 1. The zero-order chi connectivity index (χ0) is 25.0. The fraction of sp³-hybridized carbons (Fsp3) is 0.381. The summed E-state index contributed by atoms with van der Waals surface area (Å²) in [5, 5.41) is 11.8. The summed E-state index contributed by atoms with van der Waals surface area (Å²) in [6, 6.07) is 3.07. The number of thiazole rings is 1. The first kappa shape index (κ1) is 25.6. The van der Waals surface area contributed by atoms with E-state index >= 15 is 0 Å². The highest BCUT2D eigenvalue weighted by Crippen LogP contribution is 2.27. The lowest BCUT2D eigenvalue weighted by molar-refractivity contribution is -0.113. The van der Waals surface area contributed by atoms with Gasteiger partial charge >= 0.3 is 0 Å². The summed E-state index contributed by atoms with van der Waals surface area (Å²) in [5.74, 6) is -1.61. The van der Waals surface area contributed by atoms with Crippen LogP contribution in [0.5, 0.6) is 5.75 Å². The molecule has 1 N–H and O–H groups in total. The number of thioether (sulfide) groups is 1. The minimum atomic E-state index is -0.812. The largest absolute Gasteiger partial charge is 0.480 e. The van der Waals surface area contributed by atoms with Gasteiger partial charge in [0.2, 0.25) is 5.91 Å². The first-order chi connectivity index (χ1) is 16.1. The molecule has 1 atom stereocenters. The van der Waals surface area contributed by atoms with Gasteiger partial charge in [0.1, 0.15) is 10.7 Å². The van der Waals surface area contributed by atoms with Crippen LogP contribution in [0.4, 0.5) is 13.9 Å². The number of hydrogen-bond acceptors (Lipinski definition) is 8. The average molecular weight is 511 g/mol. The van der Waals surface area contributed by atoms with Gasteiger partial charge in [-0.3, -0.25) is 9.59 Å². The fourth-order valence-corrected chi connectivity index (χ4v) is 4.77. The van der Waals surface area contributed by atoms with Crippen LogP contribution in [0.1, 0.15) is 41.1 Å². The standard InChI is InChI=1S/C21H24F2N6O3S2/c1-6-29-18(12(3)32-15-8-7-13(22)9-14(15)23)26-27-21(29)33-10-16(30)25-20-24-11(2)17(34-20)19(31)28(4)5/h7-9,12H,6,10H2,1-5H3,(H,24,25,30)/t12-/m1/s1. The zero-order valence-electron chi connectivity index (χ0n) is 19.3. The van der Waals surface area contributed by atoms with Crippen LogP contribution in [0.25, 0.3) is 0 Å². The molecule has 0 fully saturated rings. The Labute approximate surface area is 203 Å². The molecule has 182 valence electrons. The van der Waals surface area contributed by atoms with E-state index in [0.29, 0.717) is 33.2 Å². The molecular weight excluding hydrogens is 486 g/mol. The number of aryl methyl sites for hydroxylation is 1. The highest BCUT2D eigenvalue weighted by molar-refractivity contribution is 7.99. The minimum absolute atomic E-state index is 0.0373. The molecular formula is C21H24F2N6O3S2. The predicted octanol–water partition coefficient (Wildman–Crippen LogP) is 3.91. The fourth-order valence-electron chi connectivity index (χ4n) is 2.96. The molecule has 2 heterocycles. The van der Waals surface area contributed by atoms with Crippen molar-refractivity contribution in [3.05, 3.63) is 46.2 Å². The lowest BCUT2D eigenvalue weighted by atomic mass is 10.3. The molecule has 0 spiro atoms. The third kappa shape index (κ3) is 5.89. The predicted molar refractivity (Wildman–Crippen MR) is 125 cm³/mol. The average Bonchev–Trinajstić information content (AvgIpc) is 3.36. The molecule has 0 aliphatic carbocycles. The number of hydrogen-bond donors (Lipinski definition) is 1. The molecule has 0 radical (unpaired) electrons. The van der Waals surface area contributed by atoms with E-state index in [-0.39, 0.29) is 23.3 Å². The Morgan fingerprint density at radius 2 is 2.03 bits per heavy atom. The molecule has 0 bridgehead atoms. The maximum Gasteiger partial charge on any atom is 0.265 e. The Morgan fingerprint density at radius 3 is 2.68 bits per heavy atom. The Hall–Kier alpha value is -3.06. The smallest absolute Gasteiger partial charge is 0.265 e. The summed E-state index contributed by atoms with van der Waals surface area (Å²) in [5.41, 5.74) is 0.550. The van der Waals surface area contributed by atoms with Crippen molar-refractivity contribution < 1.29 is 23.1 Å². The number of aromatic nitrogens is 4. The lowest BCUT2D eigenvalue weighted by Gasteiger charge is -2.16. The molecule has 3 aromatic rings. The van der Waals surface area contributed by atoms with E-state index in [1.54, 1.807) is 32.5 Å². The summed E-state index contributed by atoms with van der Waals surface area (Å²) >= 11 is 2.29. The maximum atomic E-state index is 13.9. The summed E-state index contributed by atoms with van der Waals surface area (Å²) in [7, 11) is 3.30. The molecule has 13 heteroatoms. The number of amides is 2. The van der Waals surface area contributed by atoms with E-state index in [1.807, 2.05) is 6.92 Å². The van der Waals surface area contributed by atoms with Crippen LogP contribution in [0.2, 0.25) is 0 Å². The van der Waals surface area contributed by atoms with Gasteiger partial charge in [0.25, 0.3) is 5.91 Å². The molecule has 1 aromatic carbocycles. The molecule has 9 nitrogen and oxygen atoms in total. The quantitative estimate of drug-likeness (QED) is 0.436. The van der Waals surface area contributed by atoms with Gasteiger partial charge in [-0.05, 0) is 32.9 Å². The van der Waals surface area contributed by atoms with Crippen LogP contribution in [0.3, 0.4) is 0 Å². The van der Waals surface area contributed by atoms with Gasteiger partial charge in [0, 0.05) is 26.7 Å². The van der Waals surface area contributed by atoms with Gasteiger partial charge in [-0.2, -0.15) is 0 Å². The first-order valence-electron chi connectivity index (χ1n) is 10.3. The van der Waals surface area contributed by atoms with Crippen molar-refractivity contribution in [2.24, 2.45) is 0 Å². The number of carbonyl (C=O) groups is 2. The second kappa shape index (κ2) is 10.9. The number of nitrogens with one attached hydrogen (secondary N) is 1. The lowest BCUT2D eigenvalue weighted by Crippen LogP contribution is -2.21. The molecule has 2 amide bonds. The summed E-state index contributed by atoms with van der Waals surface area (Å²) in [6.07, 6.45) is -0.665. The monoisotopic (exact) mass is 510 g/mol. The van der Waals surface area contributed by atoms with E-state index in [1.165, 1.54) is 22.7 Å². The topological polar surface area (TPSA) is 102 Å². The van der Waals surface area contributed by atoms with Crippen molar-refractivity contribution in [1.82, 2.24) is 24.6 Å². The van der Waals surface area contributed by atoms with E-state index in [0.717, 1.165) is 23.5 Å². The van der Waals surface area contributed by atoms with Crippen molar-refractivity contribution in [2.45, 2.75) is 38.6 Å². The summed E-state index contributed by atoms with van der Waals surface area (Å²) < 4.78 is 34.4. The van der Waals surface area contributed by atoms with Crippen molar-refractivity contribution >= 4 is 40.0 Å². The Kier molecular flexibility index (Phi) is 8.20. The van der Waals surface area contributed by atoms with Crippen molar-refractivity contribution in [1.29, 1.82) is 0 Å². The molecule has 2 aromatic heterocycles. The van der Waals surface area contributed by atoms with Gasteiger partial charge in [-0.1, -0.05) is 23.1 Å². The van der Waals surface area contributed by atoms with Crippen LogP contribution in [-0.2, 0) is 11.3 Å². The molecule has 34 heavy (non-hydrogen) atoms. The molecule has 0 aliphatic rings. The number of anilines is 1. The van der Waals surface area contributed by atoms with Crippen LogP contribution in [0, 0.1) is 18.6 Å². The number of rotatable bonds is 9. The van der Waals surface area contributed by atoms with E-state index in [4.69, 9.17) is 4.74 Å². The third-order valence-electron chi connectivity index (χ3n) is 4.60. The van der Waals surface area contributed by atoms with Gasteiger partial charge in [0.15, 0.2) is 33.8 Å². The number of halogens is 2. The number of carbonyl (C=O) groups excluding carboxylic acids is 2. The number of benzene rings is 1. The van der Waals surface area contributed by atoms with E-state index < -0.39 is 17.7 Å². The normalized spacial score (nSPS) is 11.9. The second-order valence-electron chi connectivity index (χ2n) is 7.39. The maximum absolute atomic E-state index is 13.9. The highest BCUT2D eigenvalue weighted by Gasteiger charge is 2.22. The minimum Gasteiger partial charge on any atom is -0.480 e. The van der Waals surface area contributed by atoms with Gasteiger partial charge < -0.3 is 19.5 Å². The van der Waals surface area contributed by atoms with Crippen LogP contribution < -0.4 is 10.1 Å². The van der Waals surface area contributed by atoms with Crippen LogP contribution in [0.15, 0.2) is 23.4 Å². The summed E-state index contributed by atoms with van der Waals surface area (Å²) in [6.45, 7) is 5.76. The molecule has 0 unspecified atom stereocenters. The van der Waals surface area contributed by atoms with Gasteiger partial charge in [-0.25, -0.2) is 13.8 Å². The SMILES string of the molecule is CCn1c(SCC(=O)Nc2nc(C)c(C(=O)N(C)C)s2)nnc1[C@@H](C)Oc1ccc(F)cc1F. The van der Waals surface area contributed by atoms with Gasteiger partial charge in [-0.15, -0.1) is 10.2 Å². The van der Waals surface area contributed by atoms with Crippen LogP contribution >= 0.6 is 23.1 Å². The zero-order valence-corrected chi connectivity index (χ0v) is 20.9. The Bertz CT molecular complexity index is 1200.